The van der Waals surface area contributed by atoms with Crippen molar-refractivity contribution in [2.45, 2.75) is 264 Å². The van der Waals surface area contributed by atoms with Gasteiger partial charge in [-0.2, -0.15) is 0 Å². The summed E-state index contributed by atoms with van der Waals surface area (Å²) in [5, 5.41) is 0. The third-order valence-corrected chi connectivity index (χ3v) is 12.0. The van der Waals surface area contributed by atoms with E-state index in [1.165, 1.54) is 83.5 Å². The molecule has 0 aliphatic heterocycles. The minimum Gasteiger partial charge on any atom is -0.462 e. The minimum atomic E-state index is -0.782. The number of rotatable bonds is 51. The fourth-order valence-electron chi connectivity index (χ4n) is 7.67. The Bertz CT molecular complexity index is 1440. The van der Waals surface area contributed by atoms with Crippen molar-refractivity contribution in [1.82, 2.24) is 0 Å². The van der Waals surface area contributed by atoms with Gasteiger partial charge in [0.05, 0.1) is 0 Å². The van der Waals surface area contributed by atoms with Crippen LogP contribution in [0.5, 0.6) is 0 Å². The topological polar surface area (TPSA) is 78.9 Å². The Morgan fingerprint density at radius 1 is 0.300 bits per heavy atom. The van der Waals surface area contributed by atoms with Crippen molar-refractivity contribution in [3.05, 3.63) is 109 Å². The van der Waals surface area contributed by atoms with E-state index in [0.29, 0.717) is 19.3 Å². The molecule has 6 nitrogen and oxygen atoms in total. The molecule has 0 aromatic rings. The van der Waals surface area contributed by atoms with Gasteiger partial charge >= 0.3 is 17.9 Å². The van der Waals surface area contributed by atoms with Crippen molar-refractivity contribution in [3.8, 4) is 0 Å². The largest absolute Gasteiger partial charge is 0.462 e. The number of carbonyl (C=O) groups is 3. The van der Waals surface area contributed by atoms with Crippen molar-refractivity contribution >= 4 is 17.9 Å². The van der Waals surface area contributed by atoms with E-state index < -0.39 is 6.10 Å². The summed E-state index contributed by atoms with van der Waals surface area (Å²) in [5.41, 5.74) is 0. The van der Waals surface area contributed by atoms with Crippen LogP contribution in [0.3, 0.4) is 0 Å². The van der Waals surface area contributed by atoms with Crippen LogP contribution in [0.2, 0.25) is 0 Å². The summed E-state index contributed by atoms with van der Waals surface area (Å²) in [6.45, 7) is 6.38. The van der Waals surface area contributed by atoms with Gasteiger partial charge < -0.3 is 14.2 Å². The Kier molecular flexibility index (Phi) is 54.4. The van der Waals surface area contributed by atoms with Crippen LogP contribution in [0, 0.1) is 0 Å². The molecule has 0 amide bonds. The zero-order valence-electron chi connectivity index (χ0n) is 45.5. The quantitative estimate of drug-likeness (QED) is 0.0262. The average Bonchev–Trinajstić information content (AvgIpc) is 3.36. The molecule has 0 aliphatic rings. The van der Waals surface area contributed by atoms with Gasteiger partial charge in [-0.1, -0.05) is 246 Å². The smallest absolute Gasteiger partial charge is 0.306 e. The van der Waals surface area contributed by atoms with Gasteiger partial charge in [0, 0.05) is 19.3 Å². The summed E-state index contributed by atoms with van der Waals surface area (Å²) in [4.78, 5) is 37.7. The van der Waals surface area contributed by atoms with Gasteiger partial charge in [-0.15, -0.1) is 0 Å². The van der Waals surface area contributed by atoms with Crippen molar-refractivity contribution in [2.75, 3.05) is 13.2 Å². The standard InChI is InChI=1S/C64H106O6/c1-4-7-10-13-15-17-19-21-23-24-25-26-27-28-29-30-31-32-33-34-35-36-37-38-39-40-41-43-44-46-48-51-54-57-63(66)69-60-61(59-68-62(65)56-53-50-12-9-6-3)70-64(67)58-55-52-49-47-45-42-22-20-18-16-14-11-8-5-2/h7,10,14-17,20-23,25-26,28-29,31-32,34-35,61H,4-6,8-9,11-13,18-19,24,27,30,33,36-60H2,1-3H3/b10-7-,16-14-,17-15-,22-20-,23-21-,26-25-,29-28-,32-31-,35-34-. The van der Waals surface area contributed by atoms with Gasteiger partial charge in [0.15, 0.2) is 6.10 Å². The lowest BCUT2D eigenvalue weighted by Crippen LogP contribution is -2.30. The maximum Gasteiger partial charge on any atom is 0.306 e. The first-order valence-electron chi connectivity index (χ1n) is 28.9. The average molecular weight is 972 g/mol. The van der Waals surface area contributed by atoms with Gasteiger partial charge in [0.2, 0.25) is 0 Å². The number of ether oxygens (including phenoxy) is 3. The van der Waals surface area contributed by atoms with Crippen LogP contribution in [0.25, 0.3) is 0 Å². The van der Waals surface area contributed by atoms with Gasteiger partial charge in [-0.05, 0) is 103 Å². The Morgan fingerprint density at radius 2 is 0.571 bits per heavy atom. The van der Waals surface area contributed by atoms with E-state index in [4.69, 9.17) is 14.2 Å². The highest BCUT2D eigenvalue weighted by molar-refractivity contribution is 5.71. The summed E-state index contributed by atoms with van der Waals surface area (Å²) in [6.07, 6.45) is 78.5. The number of hydrogen-bond acceptors (Lipinski definition) is 6. The summed E-state index contributed by atoms with van der Waals surface area (Å²) in [7, 11) is 0. The van der Waals surface area contributed by atoms with Gasteiger partial charge in [0.25, 0.3) is 0 Å². The van der Waals surface area contributed by atoms with Crippen LogP contribution in [0.4, 0.5) is 0 Å². The van der Waals surface area contributed by atoms with Crippen LogP contribution in [-0.2, 0) is 28.6 Å². The molecule has 70 heavy (non-hydrogen) atoms. The summed E-state index contributed by atoms with van der Waals surface area (Å²) < 4.78 is 16.7. The molecule has 0 fully saturated rings. The second-order valence-electron chi connectivity index (χ2n) is 18.8. The summed E-state index contributed by atoms with van der Waals surface area (Å²) in [6, 6.07) is 0. The lowest BCUT2D eigenvalue weighted by molar-refractivity contribution is -0.167. The van der Waals surface area contributed by atoms with Gasteiger partial charge in [-0.3, -0.25) is 14.4 Å². The number of carbonyl (C=O) groups excluding carboxylic acids is 3. The van der Waals surface area contributed by atoms with E-state index in [1.807, 2.05) is 0 Å². The maximum atomic E-state index is 12.7. The second kappa shape index (κ2) is 57.6. The second-order valence-corrected chi connectivity index (χ2v) is 18.8. The van der Waals surface area contributed by atoms with Crippen LogP contribution in [0.15, 0.2) is 109 Å². The highest BCUT2D eigenvalue weighted by atomic mass is 16.6. The zero-order chi connectivity index (χ0) is 50.7. The number of hydrogen-bond donors (Lipinski definition) is 0. The molecule has 0 saturated carbocycles. The first-order chi connectivity index (χ1) is 34.5. The first-order valence-corrected chi connectivity index (χ1v) is 28.9. The zero-order valence-corrected chi connectivity index (χ0v) is 45.5. The lowest BCUT2D eigenvalue weighted by Gasteiger charge is -2.18. The molecule has 1 atom stereocenters. The van der Waals surface area contributed by atoms with E-state index in [0.717, 1.165) is 135 Å². The van der Waals surface area contributed by atoms with Crippen molar-refractivity contribution in [2.24, 2.45) is 0 Å². The molecule has 0 saturated heterocycles. The van der Waals surface area contributed by atoms with E-state index in [2.05, 4.69) is 130 Å². The maximum absolute atomic E-state index is 12.7. The molecule has 0 N–H and O–H groups in total. The van der Waals surface area contributed by atoms with Crippen LogP contribution < -0.4 is 0 Å². The van der Waals surface area contributed by atoms with E-state index >= 15 is 0 Å². The Labute approximate surface area is 431 Å². The number of allylic oxidation sites excluding steroid dienone is 18. The molecule has 1 unspecified atom stereocenters. The number of unbranched alkanes of at least 4 members (excludes halogenated alkanes) is 22. The van der Waals surface area contributed by atoms with Crippen LogP contribution >= 0.6 is 0 Å². The predicted molar refractivity (Wildman–Crippen MR) is 302 cm³/mol. The molecular formula is C64H106O6. The Hall–Kier alpha value is -3.93. The molecule has 0 radical (unpaired) electrons. The molecule has 0 bridgehead atoms. The van der Waals surface area contributed by atoms with E-state index in [-0.39, 0.29) is 31.1 Å². The Balaban J connectivity index is 4.03. The fraction of sp³-hybridized carbons (Fsp3) is 0.672. The molecule has 0 heterocycles. The molecule has 6 heteroatoms. The molecular weight excluding hydrogens is 865 g/mol. The van der Waals surface area contributed by atoms with Gasteiger partial charge in [-0.25, -0.2) is 0 Å². The van der Waals surface area contributed by atoms with Gasteiger partial charge in [0.1, 0.15) is 13.2 Å². The lowest BCUT2D eigenvalue weighted by atomic mass is 10.0. The summed E-state index contributed by atoms with van der Waals surface area (Å²) >= 11 is 0. The molecule has 0 aromatic heterocycles. The molecule has 0 aromatic carbocycles. The molecule has 0 spiro atoms. The van der Waals surface area contributed by atoms with Crippen LogP contribution in [-0.4, -0.2) is 37.2 Å². The Morgan fingerprint density at radius 3 is 0.914 bits per heavy atom. The SMILES string of the molecule is CC/C=C\C/C=C\C/C=C\C/C=C\C/C=C\C/C=C\C/C=C\CCCCCCCCCCCCCC(=O)OCC(COC(=O)CCCCCCC)OC(=O)CCCCCCC/C=C\C/C=C\CCCC. The third-order valence-electron chi connectivity index (χ3n) is 12.0. The third kappa shape index (κ3) is 55.0. The van der Waals surface area contributed by atoms with Crippen LogP contribution in [0.1, 0.15) is 258 Å². The van der Waals surface area contributed by atoms with E-state index in [9.17, 15) is 14.4 Å². The minimum absolute atomic E-state index is 0.0848. The monoisotopic (exact) mass is 971 g/mol. The molecule has 0 rings (SSSR count). The fourth-order valence-corrected chi connectivity index (χ4v) is 7.67. The first kappa shape index (κ1) is 66.1. The molecule has 0 aliphatic carbocycles. The highest BCUT2D eigenvalue weighted by Gasteiger charge is 2.19. The van der Waals surface area contributed by atoms with Crippen molar-refractivity contribution < 1.29 is 28.6 Å². The molecule has 398 valence electrons. The predicted octanol–water partition coefficient (Wildman–Crippen LogP) is 19.5. The summed E-state index contributed by atoms with van der Waals surface area (Å²) in [5.74, 6) is -0.917. The normalized spacial score (nSPS) is 12.9. The van der Waals surface area contributed by atoms with Crippen molar-refractivity contribution in [3.63, 3.8) is 0 Å². The van der Waals surface area contributed by atoms with E-state index in [1.54, 1.807) is 0 Å². The van der Waals surface area contributed by atoms with Crippen molar-refractivity contribution in [1.29, 1.82) is 0 Å². The number of esters is 3. The highest BCUT2D eigenvalue weighted by Crippen LogP contribution is 2.15.